The van der Waals surface area contributed by atoms with Gasteiger partial charge in [0.1, 0.15) is 17.2 Å². The molecule has 0 fully saturated rings. The molecule has 2 heterocycles. The minimum absolute atomic E-state index is 0.576. The fourth-order valence-corrected chi connectivity index (χ4v) is 3.51. The molecule has 8 heteroatoms. The molecule has 0 saturated carbocycles. The van der Waals surface area contributed by atoms with E-state index in [-0.39, 0.29) is 0 Å². The third-order valence-electron chi connectivity index (χ3n) is 4.20. The summed E-state index contributed by atoms with van der Waals surface area (Å²) in [6.07, 6.45) is 8.90. The number of imidazole rings is 1. The topological polar surface area (TPSA) is 114 Å². The van der Waals surface area contributed by atoms with Crippen molar-refractivity contribution >= 4 is 26.9 Å². The Morgan fingerprint density at radius 3 is 2.60 bits per heavy atom. The van der Waals surface area contributed by atoms with Crippen molar-refractivity contribution in [2.75, 3.05) is 18.5 Å². The second kappa shape index (κ2) is 8.62. The molecule has 0 aliphatic heterocycles. The predicted octanol–water partition coefficient (Wildman–Crippen LogP) is 2.45. The first kappa shape index (κ1) is 19.7. The number of sulfonamides is 1. The van der Waals surface area contributed by atoms with Crippen molar-refractivity contribution in [3.8, 4) is 0 Å². The Labute approximate surface area is 149 Å². The van der Waals surface area contributed by atoms with E-state index in [1.807, 2.05) is 6.92 Å². The Morgan fingerprint density at radius 2 is 1.92 bits per heavy atom. The van der Waals surface area contributed by atoms with E-state index in [4.69, 9.17) is 5.73 Å². The van der Waals surface area contributed by atoms with Gasteiger partial charge < -0.3 is 10.7 Å². The number of fused-ring (bicyclic) bond motifs is 3. The summed E-state index contributed by atoms with van der Waals surface area (Å²) in [7, 11) is -2.95. The van der Waals surface area contributed by atoms with E-state index in [1.165, 1.54) is 24.7 Å². The zero-order valence-electron chi connectivity index (χ0n) is 15.4. The Hall–Kier alpha value is -1.67. The normalized spacial score (nSPS) is 14.0. The SMILES string of the molecule is CCCCCNS(C)(=O)=O.Cc1nc2c3c(nc(N)c2[nH]1)CCCC3. The summed E-state index contributed by atoms with van der Waals surface area (Å²) in [6.45, 7) is 4.61. The van der Waals surface area contributed by atoms with Crippen LogP contribution in [-0.4, -0.2) is 36.2 Å². The van der Waals surface area contributed by atoms with Crippen LogP contribution in [-0.2, 0) is 22.9 Å². The van der Waals surface area contributed by atoms with E-state index in [0.29, 0.717) is 12.4 Å². The second-order valence-corrected chi connectivity index (χ2v) is 8.38. The highest BCUT2D eigenvalue weighted by atomic mass is 32.2. The van der Waals surface area contributed by atoms with Crippen molar-refractivity contribution in [2.45, 2.75) is 58.8 Å². The molecule has 2 aromatic heterocycles. The maximum Gasteiger partial charge on any atom is 0.208 e. The van der Waals surface area contributed by atoms with Crippen LogP contribution < -0.4 is 10.5 Å². The lowest BCUT2D eigenvalue weighted by molar-refractivity contribution is 0.582. The van der Waals surface area contributed by atoms with Crippen LogP contribution in [0.15, 0.2) is 0 Å². The van der Waals surface area contributed by atoms with Gasteiger partial charge in [0.05, 0.1) is 11.8 Å². The van der Waals surface area contributed by atoms with E-state index in [9.17, 15) is 8.42 Å². The highest BCUT2D eigenvalue weighted by molar-refractivity contribution is 7.88. The molecule has 0 spiro atoms. The molecule has 0 aromatic carbocycles. The average molecular weight is 368 g/mol. The van der Waals surface area contributed by atoms with Crippen LogP contribution in [0.3, 0.4) is 0 Å². The summed E-state index contributed by atoms with van der Waals surface area (Å²) in [5.41, 5.74) is 10.3. The number of aryl methyl sites for hydroxylation is 3. The zero-order valence-corrected chi connectivity index (χ0v) is 16.2. The fraction of sp³-hybridized carbons (Fsp3) is 0.647. The minimum atomic E-state index is -2.95. The minimum Gasteiger partial charge on any atom is -0.382 e. The highest BCUT2D eigenvalue weighted by Crippen LogP contribution is 2.28. The van der Waals surface area contributed by atoms with Crippen LogP contribution in [0.5, 0.6) is 0 Å². The number of nitrogens with two attached hydrogens (primary N) is 1. The lowest BCUT2D eigenvalue weighted by Crippen LogP contribution is -2.22. The summed E-state index contributed by atoms with van der Waals surface area (Å²) in [5, 5.41) is 0. The van der Waals surface area contributed by atoms with E-state index in [0.717, 1.165) is 54.7 Å². The van der Waals surface area contributed by atoms with Gasteiger partial charge in [-0.3, -0.25) is 0 Å². The summed E-state index contributed by atoms with van der Waals surface area (Å²) < 4.78 is 23.4. The molecule has 1 aliphatic carbocycles. The van der Waals surface area contributed by atoms with Crippen molar-refractivity contribution in [3.05, 3.63) is 17.1 Å². The molecular formula is C17H29N5O2S. The highest BCUT2D eigenvalue weighted by Gasteiger charge is 2.18. The maximum absolute atomic E-state index is 10.5. The molecule has 0 amide bonds. The molecule has 0 bridgehead atoms. The lowest BCUT2D eigenvalue weighted by Gasteiger charge is -2.15. The van der Waals surface area contributed by atoms with Gasteiger partial charge in [-0.25, -0.2) is 23.1 Å². The first-order valence-electron chi connectivity index (χ1n) is 8.90. The third-order valence-corrected chi connectivity index (χ3v) is 4.93. The Bertz CT molecular complexity index is 814. The summed E-state index contributed by atoms with van der Waals surface area (Å²) in [6, 6.07) is 0. The van der Waals surface area contributed by atoms with E-state index >= 15 is 0 Å². The second-order valence-electron chi connectivity index (χ2n) is 6.55. The average Bonchev–Trinajstić information content (AvgIpc) is 2.94. The van der Waals surface area contributed by atoms with Gasteiger partial charge in [0.2, 0.25) is 10.0 Å². The van der Waals surface area contributed by atoms with Gasteiger partial charge in [0, 0.05) is 17.8 Å². The summed E-state index contributed by atoms with van der Waals surface area (Å²) >= 11 is 0. The van der Waals surface area contributed by atoms with Gasteiger partial charge in [0.25, 0.3) is 0 Å². The van der Waals surface area contributed by atoms with Crippen molar-refractivity contribution in [2.24, 2.45) is 0 Å². The van der Waals surface area contributed by atoms with E-state index in [1.54, 1.807) is 0 Å². The van der Waals surface area contributed by atoms with Crippen LogP contribution in [0.25, 0.3) is 11.0 Å². The molecule has 140 valence electrons. The van der Waals surface area contributed by atoms with Crippen molar-refractivity contribution in [3.63, 3.8) is 0 Å². The number of anilines is 1. The first-order chi connectivity index (χ1) is 11.8. The monoisotopic (exact) mass is 367 g/mol. The van der Waals surface area contributed by atoms with Crippen molar-refractivity contribution in [1.29, 1.82) is 0 Å². The van der Waals surface area contributed by atoms with Gasteiger partial charge in [-0.1, -0.05) is 19.8 Å². The fourth-order valence-electron chi connectivity index (χ4n) is 3.00. The molecule has 2 aromatic rings. The molecule has 0 unspecified atom stereocenters. The lowest BCUT2D eigenvalue weighted by atomic mass is 9.95. The molecule has 0 saturated heterocycles. The molecule has 4 N–H and O–H groups in total. The molecule has 0 atom stereocenters. The molecule has 3 rings (SSSR count). The van der Waals surface area contributed by atoms with Crippen LogP contribution in [0.2, 0.25) is 0 Å². The quantitative estimate of drug-likeness (QED) is 0.702. The van der Waals surface area contributed by atoms with Crippen molar-refractivity contribution in [1.82, 2.24) is 19.7 Å². The van der Waals surface area contributed by atoms with Crippen LogP contribution in [0.4, 0.5) is 5.82 Å². The molecule has 1 aliphatic rings. The number of aromatic nitrogens is 3. The van der Waals surface area contributed by atoms with Crippen LogP contribution in [0, 0.1) is 6.92 Å². The third kappa shape index (κ3) is 5.67. The van der Waals surface area contributed by atoms with Gasteiger partial charge in [-0.05, 0) is 39.0 Å². The molecule has 25 heavy (non-hydrogen) atoms. The van der Waals surface area contributed by atoms with Gasteiger partial charge >= 0.3 is 0 Å². The number of hydrogen-bond acceptors (Lipinski definition) is 5. The smallest absolute Gasteiger partial charge is 0.208 e. The van der Waals surface area contributed by atoms with Gasteiger partial charge in [0.15, 0.2) is 0 Å². The number of H-pyrrole nitrogens is 1. The zero-order chi connectivity index (χ0) is 18.4. The Morgan fingerprint density at radius 1 is 1.20 bits per heavy atom. The largest absolute Gasteiger partial charge is 0.382 e. The summed E-state index contributed by atoms with van der Waals surface area (Å²) in [4.78, 5) is 12.2. The number of nitrogen functional groups attached to an aromatic ring is 1. The molecular weight excluding hydrogens is 338 g/mol. The van der Waals surface area contributed by atoms with E-state index in [2.05, 4.69) is 26.6 Å². The summed E-state index contributed by atoms with van der Waals surface area (Å²) in [5.74, 6) is 1.50. The standard InChI is InChI=1S/C11H14N4.C6H15NO2S/c1-6-13-9-7-4-2-3-5-8(7)15-11(12)10(9)14-6;1-3-4-5-6-7-10(2,8)9/h2-5H2,1H3,(H2,12,15)(H,13,14);7H,3-6H2,1-2H3. The Balaban J connectivity index is 0.000000199. The predicted molar refractivity (Wildman–Crippen MR) is 102 cm³/mol. The van der Waals surface area contributed by atoms with Crippen molar-refractivity contribution < 1.29 is 8.42 Å². The number of pyridine rings is 1. The Kier molecular flexibility index (Phi) is 6.78. The number of aromatic amines is 1. The number of nitrogens with zero attached hydrogens (tertiary/aromatic N) is 2. The number of nitrogens with one attached hydrogen (secondary N) is 2. The van der Waals surface area contributed by atoms with Gasteiger partial charge in [-0.15, -0.1) is 0 Å². The van der Waals surface area contributed by atoms with Gasteiger partial charge in [-0.2, -0.15) is 0 Å². The van der Waals surface area contributed by atoms with Crippen LogP contribution >= 0.6 is 0 Å². The molecule has 0 radical (unpaired) electrons. The van der Waals surface area contributed by atoms with E-state index < -0.39 is 10.0 Å². The molecule has 7 nitrogen and oxygen atoms in total. The number of unbranched alkanes of at least 4 members (excludes halogenated alkanes) is 2. The number of hydrogen-bond donors (Lipinski definition) is 3. The maximum atomic E-state index is 10.5. The number of rotatable bonds is 5. The first-order valence-corrected chi connectivity index (χ1v) is 10.8. The van der Waals surface area contributed by atoms with Crippen LogP contribution in [0.1, 0.15) is 56.1 Å².